The van der Waals surface area contributed by atoms with Crippen molar-refractivity contribution < 1.29 is 0 Å². The summed E-state index contributed by atoms with van der Waals surface area (Å²) >= 11 is 0. The average Bonchev–Trinajstić information content (AvgIpc) is 2.32. The minimum absolute atomic E-state index is 0.740. The fraction of sp³-hybridized carbons (Fsp3) is 0.529. The van der Waals surface area contributed by atoms with Gasteiger partial charge in [0, 0.05) is 0 Å². The first kappa shape index (κ1) is 15.0. The third-order valence-corrected chi connectivity index (χ3v) is 3.05. The van der Waals surface area contributed by atoms with Crippen LogP contribution in [0.5, 0.6) is 0 Å². The molecule has 1 aromatic carbocycles. The van der Waals surface area contributed by atoms with Crippen molar-refractivity contribution in [2.75, 3.05) is 13.1 Å². The van der Waals surface area contributed by atoms with E-state index in [0.29, 0.717) is 0 Å². The van der Waals surface area contributed by atoms with Gasteiger partial charge in [0.05, 0.1) is 0 Å². The topological polar surface area (TPSA) is 12.0 Å². The van der Waals surface area contributed by atoms with Crippen molar-refractivity contribution in [3.63, 3.8) is 0 Å². The zero-order chi connectivity index (χ0) is 13.4. The van der Waals surface area contributed by atoms with Crippen molar-refractivity contribution in [1.29, 1.82) is 0 Å². The molecule has 0 radical (unpaired) electrons. The van der Waals surface area contributed by atoms with E-state index >= 15 is 0 Å². The summed E-state index contributed by atoms with van der Waals surface area (Å²) in [5.41, 5.74) is 4.19. The molecule has 0 saturated carbocycles. The molecule has 0 heterocycles. The van der Waals surface area contributed by atoms with E-state index in [9.17, 15) is 0 Å². The molecular weight excluding hydrogens is 218 g/mol. The first-order chi connectivity index (χ1) is 8.59. The maximum Gasteiger partial charge on any atom is -0.00142 e. The number of nitrogens with one attached hydrogen (secondary N) is 1. The van der Waals surface area contributed by atoms with Gasteiger partial charge in [-0.2, -0.15) is 0 Å². The van der Waals surface area contributed by atoms with E-state index in [0.717, 1.165) is 31.8 Å². The van der Waals surface area contributed by atoms with Gasteiger partial charge in [-0.25, -0.2) is 0 Å². The van der Waals surface area contributed by atoms with E-state index in [1.807, 2.05) is 0 Å². The molecule has 0 fully saturated rings. The molecule has 18 heavy (non-hydrogen) atoms. The molecule has 0 saturated heterocycles. The second kappa shape index (κ2) is 8.10. The maximum absolute atomic E-state index is 3.45. The molecule has 0 spiro atoms. The standard InChI is InChI=1S/C17H27N/c1-14(2)13-18-11-7-5-6-8-17-12-15(3)9-10-16(17)4/h5-6,9-10,12,14,18H,7-8,11,13H2,1-4H3. The third kappa shape index (κ3) is 6.02. The first-order valence-electron chi connectivity index (χ1n) is 7.01. The van der Waals surface area contributed by atoms with Crippen molar-refractivity contribution in [3.8, 4) is 0 Å². The van der Waals surface area contributed by atoms with Crippen LogP contribution < -0.4 is 5.32 Å². The molecule has 0 aliphatic heterocycles. The lowest BCUT2D eigenvalue weighted by molar-refractivity contribution is 0.556. The Hall–Kier alpha value is -1.08. The SMILES string of the molecule is Cc1ccc(C)c(CC=CCCNCC(C)C)c1. The smallest absolute Gasteiger partial charge is 0.00142 e. The van der Waals surface area contributed by atoms with Crippen LogP contribution >= 0.6 is 0 Å². The van der Waals surface area contributed by atoms with E-state index < -0.39 is 0 Å². The Kier molecular flexibility index (Phi) is 6.74. The van der Waals surface area contributed by atoms with Gasteiger partial charge in [-0.3, -0.25) is 0 Å². The number of hydrogen-bond donors (Lipinski definition) is 1. The van der Waals surface area contributed by atoms with Crippen molar-refractivity contribution in [3.05, 3.63) is 47.0 Å². The largest absolute Gasteiger partial charge is 0.316 e. The van der Waals surface area contributed by atoms with Crippen molar-refractivity contribution in [1.82, 2.24) is 5.32 Å². The fourth-order valence-corrected chi connectivity index (χ4v) is 1.92. The minimum Gasteiger partial charge on any atom is -0.316 e. The van der Waals surface area contributed by atoms with E-state index in [1.165, 1.54) is 16.7 Å². The number of aryl methyl sites for hydroxylation is 2. The van der Waals surface area contributed by atoms with Crippen LogP contribution in [0.4, 0.5) is 0 Å². The van der Waals surface area contributed by atoms with Gasteiger partial charge in [0.1, 0.15) is 0 Å². The normalized spacial score (nSPS) is 11.6. The van der Waals surface area contributed by atoms with Crippen LogP contribution in [-0.2, 0) is 6.42 Å². The van der Waals surface area contributed by atoms with E-state index in [1.54, 1.807) is 0 Å². The van der Waals surface area contributed by atoms with Crippen molar-refractivity contribution >= 4 is 0 Å². The molecule has 1 heteroatoms. The fourth-order valence-electron chi connectivity index (χ4n) is 1.92. The van der Waals surface area contributed by atoms with Crippen LogP contribution in [0.2, 0.25) is 0 Å². The summed E-state index contributed by atoms with van der Waals surface area (Å²) in [6, 6.07) is 6.68. The van der Waals surface area contributed by atoms with Crippen molar-refractivity contribution in [2.45, 2.75) is 40.5 Å². The molecule has 1 N–H and O–H groups in total. The Morgan fingerprint density at radius 3 is 2.67 bits per heavy atom. The molecule has 1 nitrogen and oxygen atoms in total. The highest BCUT2D eigenvalue weighted by Crippen LogP contribution is 2.11. The van der Waals surface area contributed by atoms with Gasteiger partial charge in [-0.15, -0.1) is 0 Å². The molecule has 0 unspecified atom stereocenters. The van der Waals surface area contributed by atoms with Crippen LogP contribution in [0.25, 0.3) is 0 Å². The highest BCUT2D eigenvalue weighted by atomic mass is 14.8. The molecule has 0 aliphatic carbocycles. The second-order valence-electron chi connectivity index (χ2n) is 5.49. The predicted octanol–water partition coefficient (Wildman–Crippen LogP) is 4.04. The average molecular weight is 245 g/mol. The molecule has 0 amide bonds. The van der Waals surface area contributed by atoms with Gasteiger partial charge in [0.25, 0.3) is 0 Å². The van der Waals surface area contributed by atoms with Crippen molar-refractivity contribution in [2.24, 2.45) is 5.92 Å². The Morgan fingerprint density at radius 1 is 1.17 bits per heavy atom. The quantitative estimate of drug-likeness (QED) is 0.565. The minimum atomic E-state index is 0.740. The van der Waals surface area contributed by atoms with Gasteiger partial charge in [-0.05, 0) is 56.8 Å². The predicted molar refractivity (Wildman–Crippen MR) is 81.1 cm³/mol. The van der Waals surface area contributed by atoms with Crippen LogP contribution in [0, 0.1) is 19.8 Å². The van der Waals surface area contributed by atoms with Crippen LogP contribution in [0.15, 0.2) is 30.4 Å². The van der Waals surface area contributed by atoms with Gasteiger partial charge in [0.2, 0.25) is 0 Å². The van der Waals surface area contributed by atoms with E-state index in [2.05, 4.69) is 63.4 Å². The summed E-state index contributed by atoms with van der Waals surface area (Å²) < 4.78 is 0. The van der Waals surface area contributed by atoms with E-state index in [4.69, 9.17) is 0 Å². The Labute approximate surface area is 112 Å². The third-order valence-electron chi connectivity index (χ3n) is 3.05. The highest BCUT2D eigenvalue weighted by Gasteiger charge is 1.96. The molecule has 0 aliphatic rings. The number of benzene rings is 1. The summed E-state index contributed by atoms with van der Waals surface area (Å²) in [6.07, 6.45) is 6.75. The van der Waals surface area contributed by atoms with Crippen LogP contribution in [-0.4, -0.2) is 13.1 Å². The molecule has 100 valence electrons. The van der Waals surface area contributed by atoms with Gasteiger partial charge in [-0.1, -0.05) is 49.8 Å². The lowest BCUT2D eigenvalue weighted by Crippen LogP contribution is -2.20. The molecule has 0 atom stereocenters. The highest BCUT2D eigenvalue weighted by molar-refractivity contribution is 5.31. The number of rotatable bonds is 7. The summed E-state index contributed by atoms with van der Waals surface area (Å²) in [4.78, 5) is 0. The maximum atomic E-state index is 3.45. The van der Waals surface area contributed by atoms with Crippen LogP contribution in [0.1, 0.15) is 37.0 Å². The van der Waals surface area contributed by atoms with Gasteiger partial charge >= 0.3 is 0 Å². The Bertz CT molecular complexity index is 377. The summed E-state index contributed by atoms with van der Waals surface area (Å²) in [5.74, 6) is 0.740. The van der Waals surface area contributed by atoms with E-state index in [-0.39, 0.29) is 0 Å². The monoisotopic (exact) mass is 245 g/mol. The zero-order valence-electron chi connectivity index (χ0n) is 12.3. The molecule has 1 aromatic rings. The second-order valence-corrected chi connectivity index (χ2v) is 5.49. The summed E-state index contributed by atoms with van der Waals surface area (Å²) in [7, 11) is 0. The Balaban J connectivity index is 2.25. The zero-order valence-corrected chi connectivity index (χ0v) is 12.3. The van der Waals surface area contributed by atoms with Gasteiger partial charge < -0.3 is 5.32 Å². The summed E-state index contributed by atoms with van der Waals surface area (Å²) in [6.45, 7) is 11.0. The molecule has 1 rings (SSSR count). The lowest BCUT2D eigenvalue weighted by Gasteiger charge is -2.05. The number of hydrogen-bond acceptors (Lipinski definition) is 1. The van der Waals surface area contributed by atoms with Crippen LogP contribution in [0.3, 0.4) is 0 Å². The summed E-state index contributed by atoms with van der Waals surface area (Å²) in [5, 5.41) is 3.45. The molecular formula is C17H27N. The first-order valence-corrected chi connectivity index (χ1v) is 7.01. The van der Waals surface area contributed by atoms with Gasteiger partial charge in [0.15, 0.2) is 0 Å². The number of allylic oxidation sites excluding steroid dienone is 1. The Morgan fingerprint density at radius 2 is 1.94 bits per heavy atom. The molecule has 0 aromatic heterocycles. The molecule has 0 bridgehead atoms. The lowest BCUT2D eigenvalue weighted by atomic mass is 10.0.